The molecule has 0 radical (unpaired) electrons. The normalized spacial score (nSPS) is 17.5. The van der Waals surface area contributed by atoms with E-state index >= 15 is 0 Å². The molecule has 3 N–H and O–H groups in total. The minimum Gasteiger partial charge on any atom is -0.455 e. The Hall–Kier alpha value is -6.11. The largest absolute Gasteiger partial charge is 0.455 e. The Balaban J connectivity index is 0.993. The van der Waals surface area contributed by atoms with Crippen LogP contribution in [0.2, 0.25) is 0 Å². The maximum Gasteiger partial charge on any atom is 0.293 e. The van der Waals surface area contributed by atoms with Gasteiger partial charge in [0, 0.05) is 100 Å². The van der Waals surface area contributed by atoms with E-state index in [0.29, 0.717) is 76.8 Å². The van der Waals surface area contributed by atoms with E-state index in [1.807, 2.05) is 30.9 Å². The van der Waals surface area contributed by atoms with Crippen molar-refractivity contribution in [2.24, 2.45) is 11.8 Å². The van der Waals surface area contributed by atoms with Gasteiger partial charge in [-0.05, 0) is 84.8 Å². The number of pyridine rings is 1. The minimum absolute atomic E-state index is 0.0342. The van der Waals surface area contributed by atoms with E-state index in [1.54, 1.807) is 24.4 Å². The number of aromatic nitrogens is 2. The number of hydrogen-bond acceptors (Lipinski definition) is 12. The molecule has 2 aromatic heterocycles. The van der Waals surface area contributed by atoms with Gasteiger partial charge in [0.2, 0.25) is 5.91 Å². The zero-order valence-electron chi connectivity index (χ0n) is 34.5. The van der Waals surface area contributed by atoms with Crippen LogP contribution in [0, 0.1) is 27.8 Å². The van der Waals surface area contributed by atoms with Crippen LogP contribution in [0.1, 0.15) is 48.2 Å². The average Bonchev–Trinajstić information content (AvgIpc) is 3.74. The summed E-state index contributed by atoms with van der Waals surface area (Å²) in [5.74, 6) is -0.825. The minimum atomic E-state index is -4.59. The highest BCUT2D eigenvalue weighted by atomic mass is 32.2. The maximum absolute atomic E-state index is 14.1. The van der Waals surface area contributed by atoms with E-state index in [4.69, 9.17) is 9.47 Å². The molecule has 326 valence electrons. The van der Waals surface area contributed by atoms with Crippen LogP contribution in [0.3, 0.4) is 0 Å². The quantitative estimate of drug-likeness (QED) is 0.0913. The Morgan fingerprint density at radius 1 is 1.02 bits per heavy atom. The van der Waals surface area contributed by atoms with Crippen molar-refractivity contribution in [1.29, 1.82) is 0 Å². The lowest BCUT2D eigenvalue weighted by molar-refractivity contribution is -0.384. The molecule has 18 heteroatoms. The van der Waals surface area contributed by atoms with Crippen molar-refractivity contribution in [2.75, 3.05) is 62.7 Å². The van der Waals surface area contributed by atoms with E-state index < -0.39 is 31.4 Å². The van der Waals surface area contributed by atoms with Crippen molar-refractivity contribution in [3.63, 3.8) is 0 Å². The fourth-order valence-electron chi connectivity index (χ4n) is 8.36. The second-order valence-corrected chi connectivity index (χ2v) is 18.0. The summed E-state index contributed by atoms with van der Waals surface area (Å²) < 4.78 is 55.2. The number of nitro groups is 1. The third-order valence-electron chi connectivity index (χ3n) is 11.8. The fourth-order valence-corrected chi connectivity index (χ4v) is 9.34. The molecule has 1 atom stereocenters. The second kappa shape index (κ2) is 18.1. The van der Waals surface area contributed by atoms with Gasteiger partial charge in [0.1, 0.15) is 28.7 Å². The predicted octanol–water partition coefficient (Wildman–Crippen LogP) is 6.09. The van der Waals surface area contributed by atoms with Crippen molar-refractivity contribution >= 4 is 49.9 Å². The lowest BCUT2D eigenvalue weighted by Crippen LogP contribution is -2.55. The molecule has 0 unspecified atom stereocenters. The van der Waals surface area contributed by atoms with E-state index in [0.717, 1.165) is 41.1 Å². The Kier molecular flexibility index (Phi) is 12.4. The van der Waals surface area contributed by atoms with Crippen LogP contribution in [0.25, 0.3) is 11.0 Å². The fraction of sp³-hybridized carbons (Fsp3) is 0.386. The number of carbonyl (C=O) groups is 2. The van der Waals surface area contributed by atoms with E-state index in [2.05, 4.69) is 29.8 Å². The van der Waals surface area contributed by atoms with Gasteiger partial charge in [-0.15, -0.1) is 0 Å². The molecule has 3 aromatic carbocycles. The van der Waals surface area contributed by atoms with Gasteiger partial charge in [-0.2, -0.15) is 0 Å². The smallest absolute Gasteiger partial charge is 0.293 e. The van der Waals surface area contributed by atoms with Crippen LogP contribution >= 0.6 is 0 Å². The molecule has 2 fully saturated rings. The molecular weight excluding hydrogens is 820 g/mol. The number of sulfonamides is 1. The number of carbonyl (C=O) groups excluding carboxylic acids is 2. The summed E-state index contributed by atoms with van der Waals surface area (Å²) in [4.78, 5) is 51.9. The molecule has 3 aliphatic rings. The van der Waals surface area contributed by atoms with Gasteiger partial charge in [-0.1, -0.05) is 19.9 Å². The molecule has 0 spiro atoms. The Morgan fingerprint density at radius 2 is 1.81 bits per heavy atom. The number of ether oxygens (including phenoxy) is 2. The van der Waals surface area contributed by atoms with Gasteiger partial charge in [-0.3, -0.25) is 24.6 Å². The molecule has 3 aliphatic heterocycles. The summed E-state index contributed by atoms with van der Waals surface area (Å²) >= 11 is 0. The number of nitro benzene ring substituents is 1. The topological polar surface area (TPSA) is 192 Å². The summed E-state index contributed by atoms with van der Waals surface area (Å²) in [5, 5.41) is 15.9. The summed E-state index contributed by atoms with van der Waals surface area (Å²) in [6, 6.07) is 16.7. The molecule has 0 aliphatic carbocycles. The summed E-state index contributed by atoms with van der Waals surface area (Å²) in [7, 11) is -4.59. The van der Waals surface area contributed by atoms with Crippen molar-refractivity contribution in [3.05, 3.63) is 112 Å². The molecule has 2 saturated heterocycles. The van der Waals surface area contributed by atoms with Gasteiger partial charge >= 0.3 is 0 Å². The van der Waals surface area contributed by atoms with E-state index in [-0.39, 0.29) is 46.6 Å². The van der Waals surface area contributed by atoms with Crippen LogP contribution in [-0.2, 0) is 32.5 Å². The molecule has 0 saturated carbocycles. The van der Waals surface area contributed by atoms with Crippen molar-refractivity contribution in [2.45, 2.75) is 50.6 Å². The van der Waals surface area contributed by atoms with Crippen LogP contribution in [0.4, 0.5) is 21.5 Å². The van der Waals surface area contributed by atoms with Crippen LogP contribution < -0.4 is 19.7 Å². The number of fused-ring (bicyclic) bond motifs is 2. The van der Waals surface area contributed by atoms with Crippen molar-refractivity contribution in [1.82, 2.24) is 24.5 Å². The lowest BCUT2D eigenvalue weighted by Gasteiger charge is -2.43. The summed E-state index contributed by atoms with van der Waals surface area (Å²) in [5.41, 5.74) is 2.91. The monoisotopic (exact) mass is 868 g/mol. The third kappa shape index (κ3) is 9.51. The maximum atomic E-state index is 14.1. The number of amides is 2. The van der Waals surface area contributed by atoms with Crippen LogP contribution in [0.5, 0.6) is 11.5 Å². The molecule has 0 bridgehead atoms. The number of aromatic amines is 1. The van der Waals surface area contributed by atoms with Crippen LogP contribution in [-0.4, -0.2) is 103 Å². The predicted molar refractivity (Wildman–Crippen MR) is 230 cm³/mol. The first kappa shape index (κ1) is 42.6. The molecule has 5 heterocycles. The van der Waals surface area contributed by atoms with Gasteiger partial charge in [0.15, 0.2) is 0 Å². The van der Waals surface area contributed by atoms with Gasteiger partial charge in [0.25, 0.3) is 21.6 Å². The standard InChI is InChI=1S/C44H49FN8O8S/c1-28(2)44(55)52-26-32-19-33(45)4-3-30(32)20-35(52)27-50-13-15-51(16-14-50)34-5-7-38(41(22-34)61-36-21-31-9-12-46-42(31)48-25-36)43(54)49-62(58,59)37-6-8-39(40(23-37)53(56)57)47-24-29-10-17-60-18-11-29/h3-9,12,19,21-23,25,28-29,35,47H,10-11,13-18,20,24,26-27H2,1-2H3,(H,46,48)(H,49,54)/t35-/m0/s1. The Bertz CT molecular complexity index is 2590. The Labute approximate surface area is 358 Å². The molecular formula is C44H49FN8O8S. The van der Waals surface area contributed by atoms with Crippen LogP contribution in [0.15, 0.2) is 84.0 Å². The zero-order chi connectivity index (χ0) is 43.5. The molecule has 2 amide bonds. The molecule has 8 rings (SSSR count). The lowest BCUT2D eigenvalue weighted by atomic mass is 9.92. The number of halogens is 1. The first-order valence-corrected chi connectivity index (χ1v) is 22.3. The number of nitrogens with zero attached hydrogens (tertiary/aromatic N) is 5. The number of rotatable bonds is 13. The number of benzene rings is 3. The van der Waals surface area contributed by atoms with Crippen molar-refractivity contribution in [3.8, 4) is 11.5 Å². The van der Waals surface area contributed by atoms with Gasteiger partial charge in [-0.25, -0.2) is 22.5 Å². The first-order chi connectivity index (χ1) is 29.8. The highest BCUT2D eigenvalue weighted by Crippen LogP contribution is 2.34. The molecule has 16 nitrogen and oxygen atoms in total. The van der Waals surface area contributed by atoms with Gasteiger partial charge < -0.3 is 29.6 Å². The summed E-state index contributed by atoms with van der Waals surface area (Å²) in [6.07, 6.45) is 5.48. The van der Waals surface area contributed by atoms with E-state index in [1.165, 1.54) is 36.5 Å². The van der Waals surface area contributed by atoms with Gasteiger partial charge in [0.05, 0.1) is 21.6 Å². The van der Waals surface area contributed by atoms with Crippen molar-refractivity contribution < 1.29 is 36.8 Å². The zero-order valence-corrected chi connectivity index (χ0v) is 35.3. The Morgan fingerprint density at radius 3 is 2.56 bits per heavy atom. The highest BCUT2D eigenvalue weighted by Gasteiger charge is 2.34. The second-order valence-electron chi connectivity index (χ2n) is 16.4. The summed E-state index contributed by atoms with van der Waals surface area (Å²) in [6.45, 7) is 9.04. The van der Waals surface area contributed by atoms with E-state index in [9.17, 15) is 32.5 Å². The number of piperazine rings is 1. The number of H-pyrrole nitrogens is 1. The highest BCUT2D eigenvalue weighted by molar-refractivity contribution is 7.90. The average molecular weight is 869 g/mol. The SMILES string of the molecule is CC(C)C(=O)N1Cc2cc(F)ccc2C[C@H]1CN1CCN(c2ccc(C(=O)NS(=O)(=O)c3ccc(NCC4CCOCC4)c([N+](=O)[O-])c3)c(Oc3cnc4[nH]ccc4c3)c2)CC1. The third-order valence-corrected chi connectivity index (χ3v) is 13.2. The first-order valence-electron chi connectivity index (χ1n) is 20.8. The number of hydrogen-bond donors (Lipinski definition) is 3. The molecule has 62 heavy (non-hydrogen) atoms. The number of anilines is 2. The molecule has 5 aromatic rings. The number of nitrogens with one attached hydrogen (secondary N) is 3.